The topological polar surface area (TPSA) is 58.4 Å². The molecule has 2 rings (SSSR count). The fourth-order valence-electron chi connectivity index (χ4n) is 1.80. The van der Waals surface area contributed by atoms with Gasteiger partial charge in [-0.1, -0.05) is 0 Å². The molecule has 15 heavy (non-hydrogen) atoms. The van der Waals surface area contributed by atoms with Crippen LogP contribution < -0.4 is 0 Å². The second kappa shape index (κ2) is 4.44. The number of aliphatic carboxylic acids is 1. The second-order valence-corrected chi connectivity index (χ2v) is 3.95. The maximum absolute atomic E-state index is 10.5. The van der Waals surface area contributed by atoms with Gasteiger partial charge in [0.1, 0.15) is 0 Å². The first-order valence-corrected chi connectivity index (χ1v) is 5.16. The van der Waals surface area contributed by atoms with Crippen LogP contribution >= 0.6 is 0 Å². The van der Waals surface area contributed by atoms with Gasteiger partial charge in [-0.3, -0.25) is 4.79 Å². The van der Waals surface area contributed by atoms with Gasteiger partial charge < -0.3 is 14.6 Å². The predicted molar refractivity (Wildman–Crippen MR) is 54.4 cm³/mol. The number of likely N-dealkylation sites (tertiary alicyclic amines) is 1. The van der Waals surface area contributed by atoms with Gasteiger partial charge in [-0.15, -0.1) is 0 Å². The van der Waals surface area contributed by atoms with Crippen LogP contribution in [0.2, 0.25) is 0 Å². The van der Waals surface area contributed by atoms with Crippen molar-refractivity contribution in [2.75, 3.05) is 19.6 Å². The molecule has 0 saturated carbocycles. The van der Waals surface area contributed by atoms with Crippen LogP contribution in [0.25, 0.3) is 0 Å². The van der Waals surface area contributed by atoms with Crippen LogP contribution in [0.3, 0.4) is 0 Å². The van der Waals surface area contributed by atoms with Crippen molar-refractivity contribution in [2.24, 2.45) is 5.92 Å². The number of nitrogens with zero attached hydrogens (tertiary/aromatic N) is 3. The molecule has 2 heterocycles. The zero-order valence-corrected chi connectivity index (χ0v) is 8.54. The average Bonchev–Trinajstić information content (AvgIpc) is 2.60. The Hall–Kier alpha value is -1.36. The van der Waals surface area contributed by atoms with Crippen LogP contribution in [-0.4, -0.2) is 45.2 Å². The molecule has 0 spiro atoms. The molecule has 0 radical (unpaired) electrons. The smallest absolute Gasteiger partial charge is 0.309 e. The Kier molecular flexibility index (Phi) is 3.01. The van der Waals surface area contributed by atoms with Gasteiger partial charge in [-0.2, -0.15) is 0 Å². The monoisotopic (exact) mass is 209 g/mol. The highest BCUT2D eigenvalue weighted by Crippen LogP contribution is 2.15. The number of hydrogen-bond donors (Lipinski definition) is 1. The summed E-state index contributed by atoms with van der Waals surface area (Å²) in [5, 5.41) is 8.69. The van der Waals surface area contributed by atoms with E-state index in [0.29, 0.717) is 13.1 Å². The summed E-state index contributed by atoms with van der Waals surface area (Å²) in [4.78, 5) is 16.7. The number of aromatic nitrogens is 2. The molecule has 5 nitrogen and oxygen atoms in total. The third kappa shape index (κ3) is 2.56. The number of carboxylic acids is 1. The van der Waals surface area contributed by atoms with E-state index >= 15 is 0 Å². The Morgan fingerprint density at radius 3 is 2.87 bits per heavy atom. The summed E-state index contributed by atoms with van der Waals surface area (Å²) in [7, 11) is 0. The molecule has 82 valence electrons. The Labute approximate surface area is 88.3 Å². The molecule has 1 aliphatic rings. The molecule has 1 saturated heterocycles. The summed E-state index contributed by atoms with van der Waals surface area (Å²) in [5.74, 6) is -0.806. The van der Waals surface area contributed by atoms with E-state index in [-0.39, 0.29) is 5.92 Å². The molecule has 0 amide bonds. The Morgan fingerprint density at radius 1 is 1.47 bits per heavy atom. The highest BCUT2D eigenvalue weighted by Gasteiger charge is 2.31. The molecule has 1 N–H and O–H groups in total. The molecule has 1 aliphatic heterocycles. The summed E-state index contributed by atoms with van der Waals surface area (Å²) in [6.45, 7) is 3.34. The van der Waals surface area contributed by atoms with Gasteiger partial charge in [0, 0.05) is 32.0 Å². The standard InChI is InChI=1S/C10H15N3O2/c14-10(15)9-6-13(7-9)4-1-3-12-5-2-11-8-12/h2,5,8-9H,1,3-4,6-7H2,(H,14,15). The van der Waals surface area contributed by atoms with E-state index in [1.165, 1.54) is 0 Å². The molecule has 0 unspecified atom stereocenters. The maximum atomic E-state index is 10.5. The fourth-order valence-corrected chi connectivity index (χ4v) is 1.80. The van der Waals surface area contributed by atoms with Crippen molar-refractivity contribution in [3.8, 4) is 0 Å². The van der Waals surface area contributed by atoms with Crippen molar-refractivity contribution < 1.29 is 9.90 Å². The summed E-state index contributed by atoms with van der Waals surface area (Å²) < 4.78 is 2.04. The van der Waals surface area contributed by atoms with Gasteiger partial charge in [0.25, 0.3) is 0 Å². The van der Waals surface area contributed by atoms with Crippen LogP contribution in [0.4, 0.5) is 0 Å². The van der Waals surface area contributed by atoms with Crippen molar-refractivity contribution in [1.82, 2.24) is 14.5 Å². The highest BCUT2D eigenvalue weighted by molar-refractivity contribution is 5.71. The third-order valence-corrected chi connectivity index (χ3v) is 2.76. The van der Waals surface area contributed by atoms with E-state index in [2.05, 4.69) is 9.88 Å². The fraction of sp³-hybridized carbons (Fsp3) is 0.600. The Morgan fingerprint density at radius 2 is 2.27 bits per heavy atom. The van der Waals surface area contributed by atoms with Crippen LogP contribution in [0.5, 0.6) is 0 Å². The normalized spacial score (nSPS) is 17.6. The van der Waals surface area contributed by atoms with Gasteiger partial charge >= 0.3 is 5.97 Å². The third-order valence-electron chi connectivity index (χ3n) is 2.76. The molecular weight excluding hydrogens is 194 g/mol. The lowest BCUT2D eigenvalue weighted by atomic mass is 10.0. The van der Waals surface area contributed by atoms with Gasteiger partial charge in [-0.05, 0) is 13.0 Å². The molecule has 1 aromatic heterocycles. The van der Waals surface area contributed by atoms with Crippen LogP contribution in [0.15, 0.2) is 18.7 Å². The van der Waals surface area contributed by atoms with Crippen molar-refractivity contribution >= 4 is 5.97 Å². The quantitative estimate of drug-likeness (QED) is 0.757. The number of rotatable bonds is 5. The van der Waals surface area contributed by atoms with Crippen LogP contribution in [-0.2, 0) is 11.3 Å². The molecule has 0 aromatic carbocycles. The molecule has 1 fully saturated rings. The van der Waals surface area contributed by atoms with Crippen molar-refractivity contribution in [2.45, 2.75) is 13.0 Å². The zero-order chi connectivity index (χ0) is 10.7. The predicted octanol–water partition coefficient (Wildman–Crippen LogP) is 0.290. The van der Waals surface area contributed by atoms with E-state index in [0.717, 1.165) is 19.5 Å². The average molecular weight is 209 g/mol. The number of aryl methyl sites for hydroxylation is 1. The van der Waals surface area contributed by atoms with E-state index in [4.69, 9.17) is 5.11 Å². The minimum atomic E-state index is -0.666. The Bertz CT molecular complexity index is 317. The molecular formula is C10H15N3O2. The lowest BCUT2D eigenvalue weighted by Gasteiger charge is -2.36. The summed E-state index contributed by atoms with van der Waals surface area (Å²) in [6.07, 6.45) is 6.55. The van der Waals surface area contributed by atoms with Crippen LogP contribution in [0, 0.1) is 5.92 Å². The molecule has 0 bridgehead atoms. The number of hydrogen-bond acceptors (Lipinski definition) is 3. The number of carboxylic acid groups (broad SMARTS) is 1. The SMILES string of the molecule is O=C(O)C1CN(CCCn2ccnc2)C1. The van der Waals surface area contributed by atoms with Gasteiger partial charge in [-0.25, -0.2) is 4.98 Å². The Balaban J connectivity index is 1.59. The number of carbonyl (C=O) groups is 1. The van der Waals surface area contributed by atoms with E-state index < -0.39 is 5.97 Å². The molecule has 0 aliphatic carbocycles. The summed E-state index contributed by atoms with van der Waals surface area (Å²) in [6, 6.07) is 0. The van der Waals surface area contributed by atoms with Crippen molar-refractivity contribution in [3.05, 3.63) is 18.7 Å². The maximum Gasteiger partial charge on any atom is 0.309 e. The molecule has 0 atom stereocenters. The first-order valence-electron chi connectivity index (χ1n) is 5.16. The highest BCUT2D eigenvalue weighted by atomic mass is 16.4. The van der Waals surface area contributed by atoms with E-state index in [1.54, 1.807) is 12.5 Å². The summed E-state index contributed by atoms with van der Waals surface area (Å²) in [5.41, 5.74) is 0. The van der Waals surface area contributed by atoms with E-state index in [1.807, 2.05) is 10.8 Å². The summed E-state index contributed by atoms with van der Waals surface area (Å²) >= 11 is 0. The van der Waals surface area contributed by atoms with Gasteiger partial charge in [0.05, 0.1) is 12.2 Å². The van der Waals surface area contributed by atoms with Crippen molar-refractivity contribution in [1.29, 1.82) is 0 Å². The second-order valence-electron chi connectivity index (χ2n) is 3.95. The minimum Gasteiger partial charge on any atom is -0.481 e. The zero-order valence-electron chi connectivity index (χ0n) is 8.54. The van der Waals surface area contributed by atoms with E-state index in [9.17, 15) is 4.79 Å². The van der Waals surface area contributed by atoms with Gasteiger partial charge in [0.15, 0.2) is 0 Å². The first kappa shape index (κ1) is 10.2. The molecule has 5 heteroatoms. The number of imidazole rings is 1. The first-order chi connectivity index (χ1) is 7.25. The molecule has 1 aromatic rings. The van der Waals surface area contributed by atoms with Crippen LogP contribution in [0.1, 0.15) is 6.42 Å². The lowest BCUT2D eigenvalue weighted by Crippen LogP contribution is -2.50. The minimum absolute atomic E-state index is 0.141. The van der Waals surface area contributed by atoms with Crippen molar-refractivity contribution in [3.63, 3.8) is 0 Å². The largest absolute Gasteiger partial charge is 0.481 e. The lowest BCUT2D eigenvalue weighted by molar-refractivity contribution is -0.147. The van der Waals surface area contributed by atoms with Gasteiger partial charge in [0.2, 0.25) is 0 Å².